The van der Waals surface area contributed by atoms with Crippen molar-refractivity contribution in [2.45, 2.75) is 32.7 Å². The van der Waals surface area contributed by atoms with E-state index in [0.29, 0.717) is 49.9 Å². The first kappa shape index (κ1) is 21.8. The van der Waals surface area contributed by atoms with Crippen LogP contribution in [0, 0.1) is 18.8 Å². The second kappa shape index (κ2) is 9.37. The lowest BCUT2D eigenvalue weighted by Gasteiger charge is -2.32. The number of methoxy groups -OCH3 is 1. The molecule has 4 rings (SSSR count). The maximum atomic E-state index is 13.0. The third-order valence-electron chi connectivity index (χ3n) is 6.00. The largest absolute Gasteiger partial charge is 0.497 e. The van der Waals surface area contributed by atoms with E-state index in [-0.39, 0.29) is 42.5 Å². The van der Waals surface area contributed by atoms with Gasteiger partial charge in [0.1, 0.15) is 5.75 Å². The molecule has 2 saturated heterocycles. The highest BCUT2D eigenvalue weighted by molar-refractivity contribution is 6.00. The number of rotatable bonds is 6. The SMILES string of the molecule is COc1cccc(N2CC(C(=O)N3CCC(C(=O)NCc4nc(C)no4)CC3)CC2=O)c1. The maximum absolute atomic E-state index is 13.0. The molecule has 32 heavy (non-hydrogen) atoms. The second-order valence-corrected chi connectivity index (χ2v) is 8.16. The molecule has 2 aliphatic heterocycles. The minimum Gasteiger partial charge on any atom is -0.497 e. The van der Waals surface area contributed by atoms with Crippen molar-refractivity contribution in [2.24, 2.45) is 11.8 Å². The number of nitrogens with one attached hydrogen (secondary N) is 1. The summed E-state index contributed by atoms with van der Waals surface area (Å²) in [6, 6.07) is 7.28. The van der Waals surface area contributed by atoms with Gasteiger partial charge in [-0.25, -0.2) is 0 Å². The number of benzene rings is 1. The Morgan fingerprint density at radius 3 is 2.72 bits per heavy atom. The number of carbonyl (C=O) groups is 3. The Bertz CT molecular complexity index is 998. The summed E-state index contributed by atoms with van der Waals surface area (Å²) in [5.74, 6) is 0.853. The Hall–Kier alpha value is -3.43. The first-order valence-corrected chi connectivity index (χ1v) is 10.7. The minimum atomic E-state index is -0.375. The summed E-state index contributed by atoms with van der Waals surface area (Å²) in [4.78, 5) is 45.5. The zero-order chi connectivity index (χ0) is 22.7. The van der Waals surface area contributed by atoms with Crippen molar-refractivity contribution in [1.82, 2.24) is 20.4 Å². The topological polar surface area (TPSA) is 118 Å². The Kier molecular flexibility index (Phi) is 6.38. The summed E-state index contributed by atoms with van der Waals surface area (Å²) in [6.07, 6.45) is 1.36. The van der Waals surface area contributed by atoms with Crippen LogP contribution in [0.25, 0.3) is 0 Å². The Morgan fingerprint density at radius 1 is 1.25 bits per heavy atom. The third-order valence-corrected chi connectivity index (χ3v) is 6.00. The van der Waals surface area contributed by atoms with Crippen molar-refractivity contribution in [3.8, 4) is 5.75 Å². The van der Waals surface area contributed by atoms with E-state index in [9.17, 15) is 14.4 Å². The number of carbonyl (C=O) groups excluding carboxylic acids is 3. The lowest BCUT2D eigenvalue weighted by Crippen LogP contribution is -2.45. The summed E-state index contributed by atoms with van der Waals surface area (Å²) in [7, 11) is 1.58. The van der Waals surface area contributed by atoms with E-state index in [4.69, 9.17) is 9.26 Å². The molecular weight excluding hydrogens is 414 g/mol. The molecule has 2 aromatic rings. The van der Waals surface area contributed by atoms with Gasteiger partial charge in [-0.2, -0.15) is 4.98 Å². The summed E-state index contributed by atoms with van der Waals surface area (Å²) < 4.78 is 10.2. The van der Waals surface area contributed by atoms with E-state index >= 15 is 0 Å². The van der Waals surface area contributed by atoms with Crippen molar-refractivity contribution in [2.75, 3.05) is 31.6 Å². The highest BCUT2D eigenvalue weighted by atomic mass is 16.5. The van der Waals surface area contributed by atoms with Gasteiger partial charge in [-0.05, 0) is 31.9 Å². The quantitative estimate of drug-likeness (QED) is 0.718. The molecule has 0 spiro atoms. The number of anilines is 1. The fourth-order valence-electron chi connectivity index (χ4n) is 4.24. The van der Waals surface area contributed by atoms with Gasteiger partial charge < -0.3 is 24.4 Å². The molecule has 3 amide bonds. The predicted molar refractivity (Wildman–Crippen MR) is 114 cm³/mol. The fourth-order valence-corrected chi connectivity index (χ4v) is 4.24. The van der Waals surface area contributed by atoms with E-state index < -0.39 is 0 Å². The standard InChI is InChI=1S/C22H27N5O5/c1-14-24-19(32-25-14)12-23-21(29)15-6-8-26(9-7-15)22(30)16-10-20(28)27(13-16)17-4-3-5-18(11-17)31-2/h3-5,11,15-16H,6-10,12-13H2,1-2H3,(H,23,29). The summed E-state index contributed by atoms with van der Waals surface area (Å²) >= 11 is 0. The van der Waals surface area contributed by atoms with E-state index in [1.807, 2.05) is 18.2 Å². The summed E-state index contributed by atoms with van der Waals surface area (Å²) in [5.41, 5.74) is 0.733. The molecule has 1 aromatic carbocycles. The first-order chi connectivity index (χ1) is 15.4. The molecule has 1 N–H and O–H groups in total. The zero-order valence-corrected chi connectivity index (χ0v) is 18.2. The van der Waals surface area contributed by atoms with Crippen LogP contribution in [0.5, 0.6) is 5.75 Å². The highest BCUT2D eigenvalue weighted by Gasteiger charge is 2.38. The molecule has 0 aliphatic carbocycles. The summed E-state index contributed by atoms with van der Waals surface area (Å²) in [6.45, 7) is 3.27. The second-order valence-electron chi connectivity index (χ2n) is 8.16. The number of aryl methyl sites for hydroxylation is 1. The normalized spacial score (nSPS) is 19.3. The first-order valence-electron chi connectivity index (χ1n) is 10.7. The molecule has 1 atom stereocenters. The van der Waals surface area contributed by atoms with Crippen LogP contribution < -0.4 is 15.0 Å². The van der Waals surface area contributed by atoms with Crippen LogP contribution >= 0.6 is 0 Å². The molecule has 1 unspecified atom stereocenters. The smallest absolute Gasteiger partial charge is 0.246 e. The molecule has 3 heterocycles. The number of hydrogen-bond acceptors (Lipinski definition) is 7. The zero-order valence-electron chi connectivity index (χ0n) is 18.2. The van der Waals surface area contributed by atoms with Crippen molar-refractivity contribution < 1.29 is 23.6 Å². The van der Waals surface area contributed by atoms with Gasteiger partial charge in [0.15, 0.2) is 5.82 Å². The van der Waals surface area contributed by atoms with Crippen molar-refractivity contribution in [1.29, 1.82) is 0 Å². The van der Waals surface area contributed by atoms with E-state index in [0.717, 1.165) is 5.69 Å². The molecule has 0 bridgehead atoms. The van der Waals surface area contributed by atoms with E-state index in [1.54, 1.807) is 29.9 Å². The van der Waals surface area contributed by atoms with Crippen molar-refractivity contribution in [3.05, 3.63) is 36.0 Å². The average molecular weight is 441 g/mol. The van der Waals surface area contributed by atoms with Crippen LogP contribution in [-0.2, 0) is 20.9 Å². The van der Waals surface area contributed by atoms with Crippen LogP contribution in [0.2, 0.25) is 0 Å². The lowest BCUT2D eigenvalue weighted by atomic mass is 9.94. The van der Waals surface area contributed by atoms with Gasteiger partial charge in [-0.1, -0.05) is 11.2 Å². The predicted octanol–water partition coefficient (Wildman–Crippen LogP) is 1.29. The minimum absolute atomic E-state index is 0.0241. The molecule has 0 radical (unpaired) electrons. The fraction of sp³-hybridized carbons (Fsp3) is 0.500. The van der Waals surface area contributed by atoms with Gasteiger partial charge in [0.05, 0.1) is 19.6 Å². The van der Waals surface area contributed by atoms with Crippen LogP contribution in [-0.4, -0.2) is 59.5 Å². The number of ether oxygens (including phenoxy) is 1. The molecule has 1 aromatic heterocycles. The van der Waals surface area contributed by atoms with Gasteiger partial charge in [0.2, 0.25) is 23.6 Å². The van der Waals surface area contributed by atoms with Crippen LogP contribution in [0.1, 0.15) is 31.0 Å². The van der Waals surface area contributed by atoms with E-state index in [1.165, 1.54) is 0 Å². The van der Waals surface area contributed by atoms with Gasteiger partial charge in [0.25, 0.3) is 0 Å². The molecule has 10 nitrogen and oxygen atoms in total. The van der Waals surface area contributed by atoms with E-state index in [2.05, 4.69) is 15.5 Å². The number of aromatic nitrogens is 2. The van der Waals surface area contributed by atoms with Crippen LogP contribution in [0.3, 0.4) is 0 Å². The molecule has 0 saturated carbocycles. The number of hydrogen-bond donors (Lipinski definition) is 1. The van der Waals surface area contributed by atoms with Gasteiger partial charge in [-0.15, -0.1) is 0 Å². The molecule has 170 valence electrons. The highest BCUT2D eigenvalue weighted by Crippen LogP contribution is 2.30. The molecular formula is C22H27N5O5. The summed E-state index contributed by atoms with van der Waals surface area (Å²) in [5, 5.41) is 6.52. The Labute approximate surface area is 185 Å². The Morgan fingerprint density at radius 2 is 2.03 bits per heavy atom. The monoisotopic (exact) mass is 441 g/mol. The maximum Gasteiger partial charge on any atom is 0.246 e. The Balaban J connectivity index is 1.27. The molecule has 2 aliphatic rings. The van der Waals surface area contributed by atoms with Crippen LogP contribution in [0.4, 0.5) is 5.69 Å². The van der Waals surface area contributed by atoms with Gasteiger partial charge in [0, 0.05) is 43.7 Å². The van der Waals surface area contributed by atoms with Gasteiger partial charge in [-0.3, -0.25) is 14.4 Å². The van der Waals surface area contributed by atoms with Gasteiger partial charge >= 0.3 is 0 Å². The number of amides is 3. The molecule has 10 heteroatoms. The number of likely N-dealkylation sites (tertiary alicyclic amines) is 1. The number of nitrogens with zero attached hydrogens (tertiary/aromatic N) is 4. The number of piperidine rings is 1. The molecule has 2 fully saturated rings. The van der Waals surface area contributed by atoms with Crippen molar-refractivity contribution in [3.63, 3.8) is 0 Å². The van der Waals surface area contributed by atoms with Crippen LogP contribution in [0.15, 0.2) is 28.8 Å². The van der Waals surface area contributed by atoms with Crippen molar-refractivity contribution >= 4 is 23.4 Å². The average Bonchev–Trinajstić information content (AvgIpc) is 3.42. The third kappa shape index (κ3) is 4.74. The lowest BCUT2D eigenvalue weighted by molar-refractivity contribution is -0.139.